The highest BCUT2D eigenvalue weighted by Crippen LogP contribution is 2.42. The predicted octanol–water partition coefficient (Wildman–Crippen LogP) is 2.05. The molecule has 110 valence electrons. The van der Waals surface area contributed by atoms with Crippen molar-refractivity contribution in [2.24, 2.45) is 5.73 Å². The van der Waals surface area contributed by atoms with Crippen LogP contribution in [0.2, 0.25) is 0 Å². The summed E-state index contributed by atoms with van der Waals surface area (Å²) < 4.78 is 1.98. The monoisotopic (exact) mass is 287 g/mol. The van der Waals surface area contributed by atoms with Crippen molar-refractivity contribution in [1.82, 2.24) is 9.55 Å². The first-order valence-corrected chi connectivity index (χ1v) is 7.01. The summed E-state index contributed by atoms with van der Waals surface area (Å²) in [4.78, 5) is 27.0. The molecule has 0 aliphatic heterocycles. The van der Waals surface area contributed by atoms with Gasteiger partial charge in [0, 0.05) is 18.4 Å². The maximum absolute atomic E-state index is 11.2. The summed E-state index contributed by atoms with van der Waals surface area (Å²) in [7, 11) is 0. The number of carbonyl (C=O) groups is 2. The zero-order chi connectivity index (χ0) is 15.1. The van der Waals surface area contributed by atoms with Gasteiger partial charge in [0.15, 0.2) is 0 Å². The number of hydrogen-bond acceptors (Lipinski definition) is 3. The number of aromatic nitrogens is 2. The number of rotatable bonds is 5. The minimum atomic E-state index is -0.972. The van der Waals surface area contributed by atoms with Gasteiger partial charge in [-0.1, -0.05) is 0 Å². The van der Waals surface area contributed by atoms with Crippen LogP contribution < -0.4 is 5.73 Å². The number of hydrogen-bond donors (Lipinski definition) is 2. The third kappa shape index (κ3) is 2.49. The molecule has 1 fully saturated rings. The summed E-state index contributed by atoms with van der Waals surface area (Å²) in [6.45, 7) is 1.91. The zero-order valence-electron chi connectivity index (χ0n) is 11.7. The summed E-state index contributed by atoms with van der Waals surface area (Å²) in [6, 6.07) is 4.76. The molecule has 3 N–H and O–H groups in total. The Morgan fingerprint density at radius 1 is 1.48 bits per heavy atom. The third-order valence-electron chi connectivity index (χ3n) is 3.84. The lowest BCUT2D eigenvalue weighted by Gasteiger charge is -2.16. The van der Waals surface area contributed by atoms with Crippen molar-refractivity contribution in [3.05, 3.63) is 29.6 Å². The minimum Gasteiger partial charge on any atom is -0.478 e. The Balaban J connectivity index is 2.16. The zero-order valence-corrected chi connectivity index (χ0v) is 11.7. The molecule has 1 heterocycles. The molecule has 1 atom stereocenters. The fourth-order valence-electron chi connectivity index (χ4n) is 2.72. The van der Waals surface area contributed by atoms with Gasteiger partial charge in [-0.05, 0) is 38.0 Å². The van der Waals surface area contributed by atoms with Crippen molar-refractivity contribution in [2.45, 2.75) is 38.1 Å². The molecular weight excluding hydrogens is 270 g/mol. The molecule has 1 aliphatic rings. The Hall–Kier alpha value is -2.37. The molecule has 2 aromatic rings. The van der Waals surface area contributed by atoms with Gasteiger partial charge in [-0.25, -0.2) is 9.78 Å². The normalized spacial score (nSPS) is 16.0. The number of imidazole rings is 1. The molecule has 21 heavy (non-hydrogen) atoms. The van der Waals surface area contributed by atoms with Crippen molar-refractivity contribution in [3.63, 3.8) is 0 Å². The molecule has 0 radical (unpaired) electrons. The lowest BCUT2D eigenvalue weighted by Crippen LogP contribution is -2.18. The molecule has 6 nitrogen and oxygen atoms in total. The minimum absolute atomic E-state index is 0.132. The van der Waals surface area contributed by atoms with Crippen LogP contribution in [0.5, 0.6) is 0 Å². The summed E-state index contributed by atoms with van der Waals surface area (Å²) >= 11 is 0. The molecule has 1 aromatic heterocycles. The van der Waals surface area contributed by atoms with Crippen LogP contribution in [0.25, 0.3) is 11.0 Å². The first-order chi connectivity index (χ1) is 9.97. The Kier molecular flexibility index (Phi) is 3.16. The maximum atomic E-state index is 11.2. The van der Waals surface area contributed by atoms with E-state index >= 15 is 0 Å². The van der Waals surface area contributed by atoms with E-state index in [-0.39, 0.29) is 23.9 Å². The van der Waals surface area contributed by atoms with E-state index in [4.69, 9.17) is 10.8 Å². The van der Waals surface area contributed by atoms with Crippen LogP contribution in [-0.2, 0) is 4.79 Å². The highest BCUT2D eigenvalue weighted by Gasteiger charge is 2.31. The molecule has 1 aromatic carbocycles. The van der Waals surface area contributed by atoms with Crippen LogP contribution in [-0.4, -0.2) is 26.5 Å². The summed E-state index contributed by atoms with van der Waals surface area (Å²) in [5, 5.41) is 9.14. The van der Waals surface area contributed by atoms with Crippen molar-refractivity contribution in [1.29, 1.82) is 0 Å². The van der Waals surface area contributed by atoms with Gasteiger partial charge in [0.2, 0.25) is 5.91 Å². The maximum Gasteiger partial charge on any atom is 0.335 e. The van der Waals surface area contributed by atoms with E-state index in [2.05, 4.69) is 4.98 Å². The van der Waals surface area contributed by atoms with Gasteiger partial charge in [-0.15, -0.1) is 0 Å². The number of carbonyl (C=O) groups excluding carboxylic acids is 1. The van der Waals surface area contributed by atoms with E-state index in [1.54, 1.807) is 18.2 Å². The van der Waals surface area contributed by atoms with Crippen molar-refractivity contribution in [3.8, 4) is 0 Å². The summed E-state index contributed by atoms with van der Waals surface area (Å²) in [5.41, 5.74) is 7.03. The van der Waals surface area contributed by atoms with E-state index < -0.39 is 5.97 Å². The number of nitrogens with two attached hydrogens (primary N) is 1. The molecule has 0 bridgehead atoms. The number of carboxylic acid groups (broad SMARTS) is 1. The fourth-order valence-corrected chi connectivity index (χ4v) is 2.72. The molecule has 6 heteroatoms. The summed E-state index contributed by atoms with van der Waals surface area (Å²) in [6.07, 6.45) is 2.37. The van der Waals surface area contributed by atoms with E-state index in [9.17, 15) is 9.59 Å². The van der Waals surface area contributed by atoms with Gasteiger partial charge in [0.05, 0.1) is 16.6 Å². The molecule has 0 saturated heterocycles. The van der Waals surface area contributed by atoms with Gasteiger partial charge in [-0.2, -0.15) is 0 Å². The number of nitrogens with zero attached hydrogens (tertiary/aromatic N) is 2. The highest BCUT2D eigenvalue weighted by molar-refractivity contribution is 5.92. The number of amides is 1. The van der Waals surface area contributed by atoms with Crippen LogP contribution in [0, 0.1) is 0 Å². The highest BCUT2D eigenvalue weighted by atomic mass is 16.4. The molecule has 3 rings (SSSR count). The predicted molar refractivity (Wildman–Crippen MR) is 77.2 cm³/mol. The van der Waals surface area contributed by atoms with Crippen LogP contribution in [0.4, 0.5) is 0 Å². The van der Waals surface area contributed by atoms with Crippen LogP contribution in [0.1, 0.15) is 54.3 Å². The molecule has 1 aliphatic carbocycles. The topological polar surface area (TPSA) is 98.2 Å². The van der Waals surface area contributed by atoms with Crippen molar-refractivity contribution < 1.29 is 14.7 Å². The Morgan fingerprint density at radius 2 is 2.19 bits per heavy atom. The Bertz CT molecular complexity index is 731. The number of benzene rings is 1. The lowest BCUT2D eigenvalue weighted by atomic mass is 10.1. The largest absolute Gasteiger partial charge is 0.478 e. The smallest absolute Gasteiger partial charge is 0.335 e. The van der Waals surface area contributed by atoms with Crippen LogP contribution in [0.3, 0.4) is 0 Å². The molecule has 0 spiro atoms. The second-order valence-electron chi connectivity index (χ2n) is 5.64. The van der Waals surface area contributed by atoms with Crippen molar-refractivity contribution >= 4 is 22.9 Å². The third-order valence-corrected chi connectivity index (χ3v) is 3.84. The Morgan fingerprint density at radius 3 is 2.76 bits per heavy atom. The standard InChI is InChI=1S/C15H17N3O3/c1-8(6-13(16)19)18-12-7-10(15(20)21)4-5-11(12)17-14(18)9-2-3-9/h4-5,7-9H,2-3,6H2,1H3,(H2,16,19)(H,20,21). The number of fused-ring (bicyclic) bond motifs is 1. The Labute approximate surface area is 121 Å². The quantitative estimate of drug-likeness (QED) is 0.879. The van der Waals surface area contributed by atoms with E-state index in [0.717, 1.165) is 29.7 Å². The first-order valence-electron chi connectivity index (χ1n) is 7.01. The van der Waals surface area contributed by atoms with Gasteiger partial charge in [0.1, 0.15) is 5.82 Å². The first kappa shape index (κ1) is 13.6. The molecule has 1 unspecified atom stereocenters. The second kappa shape index (κ2) is 4.87. The number of aromatic carboxylic acids is 1. The number of carboxylic acids is 1. The van der Waals surface area contributed by atoms with Crippen molar-refractivity contribution in [2.75, 3.05) is 0 Å². The van der Waals surface area contributed by atoms with Gasteiger partial charge < -0.3 is 15.4 Å². The average molecular weight is 287 g/mol. The van der Waals surface area contributed by atoms with E-state index in [1.807, 2.05) is 11.5 Å². The summed E-state index contributed by atoms with van der Waals surface area (Å²) in [5.74, 6) is -0.0112. The van der Waals surface area contributed by atoms with E-state index in [0.29, 0.717) is 5.92 Å². The second-order valence-corrected chi connectivity index (χ2v) is 5.64. The number of primary amides is 1. The molecule has 1 amide bonds. The SMILES string of the molecule is CC(CC(N)=O)n1c(C2CC2)nc2ccc(C(=O)O)cc21. The van der Waals surface area contributed by atoms with Crippen LogP contribution in [0.15, 0.2) is 18.2 Å². The van der Waals surface area contributed by atoms with Gasteiger partial charge in [0.25, 0.3) is 0 Å². The molecule has 1 saturated carbocycles. The lowest BCUT2D eigenvalue weighted by molar-refractivity contribution is -0.118. The van der Waals surface area contributed by atoms with Gasteiger partial charge in [-0.3, -0.25) is 4.79 Å². The van der Waals surface area contributed by atoms with E-state index in [1.165, 1.54) is 0 Å². The van der Waals surface area contributed by atoms with Crippen LogP contribution >= 0.6 is 0 Å². The fraction of sp³-hybridized carbons (Fsp3) is 0.400. The van der Waals surface area contributed by atoms with Gasteiger partial charge >= 0.3 is 5.97 Å². The average Bonchev–Trinajstić information content (AvgIpc) is 3.17. The molecular formula is C15H17N3O3.